The molecule has 1 aliphatic rings. The zero-order chi connectivity index (χ0) is 14.0. The number of benzene rings is 1. The van der Waals surface area contributed by atoms with E-state index >= 15 is 0 Å². The molecule has 0 radical (unpaired) electrons. The number of aryl methyl sites for hydroxylation is 1. The molecule has 1 aromatic heterocycles. The molecule has 0 atom stereocenters. The fraction of sp³-hybridized carbons (Fsp3) is 0.500. The van der Waals surface area contributed by atoms with E-state index in [1.54, 1.807) is 0 Å². The Morgan fingerprint density at radius 2 is 2.05 bits per heavy atom. The van der Waals surface area contributed by atoms with Gasteiger partial charge < -0.3 is 10.3 Å². The number of nitrogens with two attached hydrogens (primary N) is 1. The molecule has 20 heavy (non-hydrogen) atoms. The Morgan fingerprint density at radius 3 is 2.80 bits per heavy atom. The van der Waals surface area contributed by atoms with Crippen molar-refractivity contribution in [3.05, 3.63) is 47.1 Å². The van der Waals surface area contributed by atoms with Crippen LogP contribution in [0.1, 0.15) is 54.9 Å². The summed E-state index contributed by atoms with van der Waals surface area (Å²) in [6.45, 7) is 2.09. The second-order valence-electron chi connectivity index (χ2n) is 5.90. The quantitative estimate of drug-likeness (QED) is 0.931. The highest BCUT2D eigenvalue weighted by Crippen LogP contribution is 2.33. The molecular weight excluding hydrogens is 250 g/mol. The Bertz CT molecular complexity index is 585. The summed E-state index contributed by atoms with van der Waals surface area (Å²) in [5, 5.41) is 4.10. The van der Waals surface area contributed by atoms with Gasteiger partial charge in [0, 0.05) is 6.42 Å². The highest BCUT2D eigenvalue weighted by Gasteiger charge is 2.35. The largest absolute Gasteiger partial charge is 0.337 e. The van der Waals surface area contributed by atoms with Crippen molar-refractivity contribution in [2.75, 3.05) is 0 Å². The van der Waals surface area contributed by atoms with Gasteiger partial charge in [-0.15, -0.1) is 0 Å². The van der Waals surface area contributed by atoms with Gasteiger partial charge in [-0.2, -0.15) is 4.98 Å². The molecule has 0 aliphatic heterocycles. The molecule has 1 saturated carbocycles. The van der Waals surface area contributed by atoms with Gasteiger partial charge in [-0.25, -0.2) is 0 Å². The second-order valence-corrected chi connectivity index (χ2v) is 5.90. The third kappa shape index (κ3) is 2.75. The van der Waals surface area contributed by atoms with Gasteiger partial charge in [0.25, 0.3) is 0 Å². The van der Waals surface area contributed by atoms with E-state index in [1.807, 2.05) is 0 Å². The summed E-state index contributed by atoms with van der Waals surface area (Å²) in [5.74, 6) is 1.33. The van der Waals surface area contributed by atoms with Gasteiger partial charge in [0.05, 0.1) is 5.54 Å². The number of nitrogens with zero attached hydrogens (tertiary/aromatic N) is 2. The number of aromatic nitrogens is 2. The van der Waals surface area contributed by atoms with Crippen LogP contribution in [-0.4, -0.2) is 10.1 Å². The Balaban J connectivity index is 1.76. The van der Waals surface area contributed by atoms with Crippen LogP contribution in [0.2, 0.25) is 0 Å². The van der Waals surface area contributed by atoms with Crippen LogP contribution in [0.3, 0.4) is 0 Å². The first-order valence-electron chi connectivity index (χ1n) is 7.33. The zero-order valence-electron chi connectivity index (χ0n) is 11.9. The molecule has 0 saturated heterocycles. The normalized spacial score (nSPS) is 18.1. The van der Waals surface area contributed by atoms with Crippen LogP contribution >= 0.6 is 0 Å². The van der Waals surface area contributed by atoms with E-state index in [0.717, 1.165) is 31.5 Å². The number of rotatable bonds is 3. The van der Waals surface area contributed by atoms with E-state index in [0.29, 0.717) is 12.3 Å². The third-order valence-corrected chi connectivity index (χ3v) is 4.08. The lowest BCUT2D eigenvalue weighted by Gasteiger charge is -2.29. The molecule has 0 unspecified atom stereocenters. The maximum Gasteiger partial charge on any atom is 0.246 e. The molecule has 1 aromatic carbocycles. The molecular formula is C16H21N3O. The molecule has 0 bridgehead atoms. The van der Waals surface area contributed by atoms with Crippen molar-refractivity contribution < 1.29 is 4.52 Å². The summed E-state index contributed by atoms with van der Waals surface area (Å²) in [5.41, 5.74) is 8.45. The van der Waals surface area contributed by atoms with Gasteiger partial charge in [0.1, 0.15) is 0 Å². The number of hydrogen-bond donors (Lipinski definition) is 1. The molecule has 1 fully saturated rings. The summed E-state index contributed by atoms with van der Waals surface area (Å²) in [6.07, 6.45) is 6.13. The molecule has 2 N–H and O–H groups in total. The zero-order valence-corrected chi connectivity index (χ0v) is 11.9. The van der Waals surface area contributed by atoms with Gasteiger partial charge >= 0.3 is 0 Å². The molecule has 0 spiro atoms. The Kier molecular flexibility index (Phi) is 3.57. The lowest BCUT2D eigenvalue weighted by atomic mass is 9.82. The smallest absolute Gasteiger partial charge is 0.246 e. The Labute approximate surface area is 119 Å². The van der Waals surface area contributed by atoms with Crippen molar-refractivity contribution in [3.8, 4) is 0 Å². The Hall–Kier alpha value is -1.68. The lowest BCUT2D eigenvalue weighted by Crippen LogP contribution is -2.39. The van der Waals surface area contributed by atoms with Crippen molar-refractivity contribution in [2.24, 2.45) is 5.73 Å². The molecule has 106 valence electrons. The lowest BCUT2D eigenvalue weighted by molar-refractivity contribution is 0.219. The molecule has 1 heterocycles. The van der Waals surface area contributed by atoms with Gasteiger partial charge in [-0.05, 0) is 25.3 Å². The third-order valence-electron chi connectivity index (χ3n) is 4.08. The molecule has 3 rings (SSSR count). The van der Waals surface area contributed by atoms with Crippen molar-refractivity contribution >= 4 is 0 Å². The van der Waals surface area contributed by atoms with E-state index in [9.17, 15) is 0 Å². The SMILES string of the molecule is Cc1cccc(Cc2noc(C3(N)CCCCC3)n2)c1. The van der Waals surface area contributed by atoms with E-state index in [1.165, 1.54) is 17.5 Å². The average Bonchev–Trinajstić information content (AvgIpc) is 2.89. The topological polar surface area (TPSA) is 64.9 Å². The van der Waals surface area contributed by atoms with Crippen LogP contribution in [0.15, 0.2) is 28.8 Å². The Morgan fingerprint density at radius 1 is 1.25 bits per heavy atom. The highest BCUT2D eigenvalue weighted by atomic mass is 16.5. The van der Waals surface area contributed by atoms with Crippen molar-refractivity contribution in [2.45, 2.75) is 51.0 Å². The van der Waals surface area contributed by atoms with Crippen molar-refractivity contribution in [1.82, 2.24) is 10.1 Å². The molecule has 4 nitrogen and oxygen atoms in total. The van der Waals surface area contributed by atoms with E-state index < -0.39 is 5.54 Å². The minimum Gasteiger partial charge on any atom is -0.337 e. The molecule has 1 aliphatic carbocycles. The van der Waals surface area contributed by atoms with Crippen LogP contribution < -0.4 is 5.73 Å². The van der Waals surface area contributed by atoms with Gasteiger partial charge in [0.15, 0.2) is 5.82 Å². The predicted molar refractivity (Wildman–Crippen MR) is 77.2 cm³/mol. The summed E-state index contributed by atoms with van der Waals surface area (Å²) in [7, 11) is 0. The van der Waals surface area contributed by atoms with E-state index in [4.69, 9.17) is 10.3 Å². The average molecular weight is 271 g/mol. The van der Waals surface area contributed by atoms with Gasteiger partial charge in [-0.1, -0.05) is 54.2 Å². The molecule has 4 heteroatoms. The first kappa shape index (κ1) is 13.3. The fourth-order valence-corrected chi connectivity index (χ4v) is 2.93. The van der Waals surface area contributed by atoms with Crippen LogP contribution in [0.25, 0.3) is 0 Å². The second kappa shape index (κ2) is 5.37. The van der Waals surface area contributed by atoms with Crippen LogP contribution in [0, 0.1) is 6.92 Å². The molecule has 2 aromatic rings. The van der Waals surface area contributed by atoms with Gasteiger partial charge in [0.2, 0.25) is 5.89 Å². The first-order valence-corrected chi connectivity index (χ1v) is 7.33. The van der Waals surface area contributed by atoms with Crippen molar-refractivity contribution in [3.63, 3.8) is 0 Å². The fourth-order valence-electron chi connectivity index (χ4n) is 2.93. The summed E-state index contributed by atoms with van der Waals surface area (Å²) in [6, 6.07) is 8.37. The standard InChI is InChI=1S/C16H21N3O/c1-12-6-5-7-13(10-12)11-14-18-15(20-19-14)16(17)8-3-2-4-9-16/h5-7,10H,2-4,8-9,11,17H2,1H3. The van der Waals surface area contributed by atoms with Crippen LogP contribution in [0.4, 0.5) is 0 Å². The maximum atomic E-state index is 6.41. The van der Waals surface area contributed by atoms with Crippen LogP contribution in [-0.2, 0) is 12.0 Å². The molecule has 0 amide bonds. The van der Waals surface area contributed by atoms with Gasteiger partial charge in [-0.3, -0.25) is 0 Å². The van der Waals surface area contributed by atoms with Crippen LogP contribution in [0.5, 0.6) is 0 Å². The maximum absolute atomic E-state index is 6.41. The minimum atomic E-state index is -0.407. The highest BCUT2D eigenvalue weighted by molar-refractivity contribution is 5.24. The minimum absolute atomic E-state index is 0.407. The number of hydrogen-bond acceptors (Lipinski definition) is 4. The monoisotopic (exact) mass is 271 g/mol. The summed E-state index contributed by atoms with van der Waals surface area (Å²) in [4.78, 5) is 4.53. The summed E-state index contributed by atoms with van der Waals surface area (Å²) >= 11 is 0. The first-order chi connectivity index (χ1) is 9.66. The van der Waals surface area contributed by atoms with E-state index in [-0.39, 0.29) is 0 Å². The predicted octanol–water partition coefficient (Wildman–Crippen LogP) is 3.09. The van der Waals surface area contributed by atoms with Crippen molar-refractivity contribution in [1.29, 1.82) is 0 Å². The summed E-state index contributed by atoms with van der Waals surface area (Å²) < 4.78 is 5.42. The van der Waals surface area contributed by atoms with E-state index in [2.05, 4.69) is 41.3 Å².